The second-order valence-corrected chi connectivity index (χ2v) is 19.7. The first-order valence-corrected chi connectivity index (χ1v) is 23.7. The molecule has 1 aliphatic heterocycles. The monoisotopic (exact) mass is 974 g/mol. The van der Waals surface area contributed by atoms with Crippen LogP contribution in [0.15, 0.2) is 72.3 Å². The number of amides is 5. The fraction of sp³-hybridized carbons (Fsp3) is 0.529. The maximum Gasteiger partial charge on any atom is 0.333 e. The molecule has 12 atom stereocenters. The molecular weight excluding hydrogens is 915 g/mol. The van der Waals surface area contributed by atoms with Gasteiger partial charge < -0.3 is 40.8 Å². The van der Waals surface area contributed by atoms with E-state index < -0.39 is 125 Å². The van der Waals surface area contributed by atoms with Crippen LogP contribution in [0.4, 0.5) is 14.5 Å². The molecule has 70 heavy (non-hydrogen) atoms. The number of carbonyl (C=O) groups excluding carboxylic acids is 8. The Bertz CT molecular complexity index is 2470. The van der Waals surface area contributed by atoms with Crippen LogP contribution in [-0.4, -0.2) is 110 Å². The molecule has 6 N–H and O–H groups in total. The summed E-state index contributed by atoms with van der Waals surface area (Å²) in [6.07, 6.45) is -1.97. The number of aliphatic hydroxyl groups is 3. The van der Waals surface area contributed by atoms with Gasteiger partial charge in [0.25, 0.3) is 11.8 Å². The second-order valence-electron chi connectivity index (χ2n) is 19.7. The molecule has 0 radical (unpaired) electrons. The number of aliphatic hydroxyl groups excluding tert-OH is 3. The van der Waals surface area contributed by atoms with E-state index in [0.717, 1.165) is 17.2 Å². The van der Waals surface area contributed by atoms with E-state index in [0.29, 0.717) is 22.7 Å². The molecule has 0 aromatic heterocycles. The number of hydrogen-bond donors (Lipinski definition) is 6. The number of carbonyl (C=O) groups is 8. The van der Waals surface area contributed by atoms with E-state index in [9.17, 15) is 53.7 Å². The molecule has 4 fully saturated rings. The molecule has 2 aromatic carbocycles. The lowest BCUT2D eigenvalue weighted by atomic mass is 9.45. The number of ether oxygens (including phenoxy) is 1. The number of nitrogens with zero attached hydrogens (tertiary/aromatic N) is 1. The Morgan fingerprint density at radius 3 is 2.24 bits per heavy atom. The van der Waals surface area contributed by atoms with E-state index in [-0.39, 0.29) is 63.4 Å². The molecule has 0 bridgehead atoms. The average molecular weight is 975 g/mol. The molecule has 3 saturated carbocycles. The van der Waals surface area contributed by atoms with Crippen LogP contribution >= 0.6 is 0 Å². The number of Topliss-reactive ketones (excluding diaryl/α,β-unsaturated/α-hetero) is 1. The first kappa shape index (κ1) is 51.8. The summed E-state index contributed by atoms with van der Waals surface area (Å²) in [6, 6.07) is 11.9. The molecule has 5 aliphatic rings. The van der Waals surface area contributed by atoms with Crippen molar-refractivity contribution in [3.63, 3.8) is 0 Å². The van der Waals surface area contributed by atoms with Crippen LogP contribution in [0.5, 0.6) is 0 Å². The number of benzene rings is 2. The van der Waals surface area contributed by atoms with E-state index in [2.05, 4.69) is 16.0 Å². The zero-order valence-corrected chi connectivity index (χ0v) is 39.5. The Balaban J connectivity index is 0.895. The maximum absolute atomic E-state index is 17.7. The number of fused-ring (bicyclic) bond motifs is 5. The predicted molar refractivity (Wildman–Crippen MR) is 245 cm³/mol. The van der Waals surface area contributed by atoms with Crippen molar-refractivity contribution in [2.24, 2.45) is 28.6 Å². The molecular formula is C51H60F2N4O13. The van der Waals surface area contributed by atoms with Gasteiger partial charge in [0.05, 0.1) is 18.1 Å². The standard InChI is InChI=1S/C51H60F2N4O13/c1-27(54-41(62)10-5-6-11-44(65)70-57-42(63)16-17-43(57)64)46(66)55-28(2)47(67)56-32-9-7-8-30(21-32)20-29-12-14-31(15-13-29)48(68)69-39-24-34-35-23-37(52)36-22-33(59)18-19-50(36,4)51(35,53)40(61)25-49(34,3)45(39)38(60)26-58/h7-9,12-15,18-19,21-22,27-28,34-35,37,39-40,45,48,58,61,68H,5-6,10-11,16-17,20,23-26H2,1-4H3,(H,54,62)(H,55,66)(H,56,67)/t27-,28-,34?,35-,37-,39+,40-,45-,48-,49-,50-,51-/m0/s1. The lowest BCUT2D eigenvalue weighted by molar-refractivity contribution is -0.203. The number of rotatable bonds is 18. The van der Waals surface area contributed by atoms with Crippen molar-refractivity contribution < 1.29 is 72.0 Å². The van der Waals surface area contributed by atoms with Crippen LogP contribution in [0, 0.1) is 28.6 Å². The third-order valence-electron chi connectivity index (χ3n) is 15.1. The summed E-state index contributed by atoms with van der Waals surface area (Å²) in [6.45, 7) is 5.30. The van der Waals surface area contributed by atoms with Crippen molar-refractivity contribution in [3.05, 3.63) is 89.0 Å². The highest BCUT2D eigenvalue weighted by molar-refractivity contribution is 6.02. The van der Waals surface area contributed by atoms with E-state index >= 15 is 8.78 Å². The molecule has 1 saturated heterocycles. The molecule has 19 heteroatoms. The van der Waals surface area contributed by atoms with Crippen LogP contribution in [0.3, 0.4) is 0 Å². The van der Waals surface area contributed by atoms with Gasteiger partial charge in [-0.3, -0.25) is 33.6 Å². The van der Waals surface area contributed by atoms with Crippen LogP contribution in [0.1, 0.15) is 108 Å². The normalized spacial score (nSPS) is 30.3. The van der Waals surface area contributed by atoms with Crippen molar-refractivity contribution in [1.29, 1.82) is 0 Å². The number of unbranched alkanes of at least 4 members (excludes halogenated alkanes) is 1. The minimum atomic E-state index is -2.38. The average Bonchev–Trinajstić information content (AvgIpc) is 3.78. The van der Waals surface area contributed by atoms with E-state index in [1.807, 2.05) is 6.07 Å². The highest BCUT2D eigenvalue weighted by Crippen LogP contribution is 2.69. The Labute approximate surface area is 403 Å². The smallest absolute Gasteiger partial charge is 0.333 e. The van der Waals surface area contributed by atoms with Gasteiger partial charge >= 0.3 is 5.97 Å². The maximum atomic E-state index is 17.7. The van der Waals surface area contributed by atoms with Crippen LogP contribution in [0.2, 0.25) is 0 Å². The van der Waals surface area contributed by atoms with Crippen molar-refractivity contribution >= 4 is 52.8 Å². The van der Waals surface area contributed by atoms with Crippen molar-refractivity contribution in [3.8, 4) is 0 Å². The highest BCUT2D eigenvalue weighted by Gasteiger charge is 2.73. The van der Waals surface area contributed by atoms with Gasteiger partial charge in [-0.1, -0.05) is 49.4 Å². The van der Waals surface area contributed by atoms with Crippen LogP contribution in [-0.2, 0) is 54.4 Å². The van der Waals surface area contributed by atoms with Crippen molar-refractivity contribution in [2.75, 3.05) is 11.9 Å². The largest absolute Gasteiger partial charge is 0.390 e. The Morgan fingerprint density at radius 1 is 0.886 bits per heavy atom. The lowest BCUT2D eigenvalue weighted by Gasteiger charge is -2.62. The Hall–Kier alpha value is -6.02. The summed E-state index contributed by atoms with van der Waals surface area (Å²) in [5.74, 6) is -7.41. The van der Waals surface area contributed by atoms with Gasteiger partial charge in [-0.25, -0.2) is 13.6 Å². The molecule has 5 amide bonds. The van der Waals surface area contributed by atoms with E-state index in [1.165, 1.54) is 32.9 Å². The fourth-order valence-corrected chi connectivity index (χ4v) is 11.4. The first-order chi connectivity index (χ1) is 33.1. The molecule has 2 aromatic rings. The molecule has 17 nitrogen and oxygen atoms in total. The summed E-state index contributed by atoms with van der Waals surface area (Å²) in [5.41, 5.74) is -2.70. The van der Waals surface area contributed by atoms with Gasteiger partial charge in [-0.05, 0) is 112 Å². The van der Waals surface area contributed by atoms with Gasteiger partial charge in [0.15, 0.2) is 23.5 Å². The number of halogens is 2. The topological polar surface area (TPSA) is 255 Å². The van der Waals surface area contributed by atoms with Gasteiger partial charge in [-0.15, -0.1) is 5.06 Å². The quantitative estimate of drug-likeness (QED) is 0.0706. The van der Waals surface area contributed by atoms with E-state index in [1.54, 1.807) is 49.4 Å². The van der Waals surface area contributed by atoms with Crippen molar-refractivity contribution in [1.82, 2.24) is 15.7 Å². The summed E-state index contributed by atoms with van der Waals surface area (Å²) >= 11 is 0. The summed E-state index contributed by atoms with van der Waals surface area (Å²) in [4.78, 5) is 104. The minimum Gasteiger partial charge on any atom is -0.390 e. The van der Waals surface area contributed by atoms with Crippen molar-refractivity contribution in [2.45, 2.75) is 134 Å². The SMILES string of the molecule is C[C@H](NC(=O)CCCCC(=O)ON1C(=O)CCC1=O)C(=O)N[C@@H](C)C(=O)Nc1cccc(Cc2ccc([C@@H](O)O[C@@H]3CC4[C@@H]5C[C@H](F)C6=CC(=O)C=C[C@]6(C)[C@@]5(F)[C@@H](O)C[C@]4(C)[C@H]3C(=O)CO)cc2)c1. The molecule has 7 rings (SSSR count). The van der Waals surface area contributed by atoms with Gasteiger partial charge in [-0.2, -0.15) is 0 Å². The number of hydrogen-bond acceptors (Lipinski definition) is 13. The number of alkyl halides is 2. The number of hydroxylamine groups is 2. The molecule has 1 unspecified atom stereocenters. The van der Waals surface area contributed by atoms with E-state index in [4.69, 9.17) is 9.57 Å². The third kappa shape index (κ3) is 10.2. The summed E-state index contributed by atoms with van der Waals surface area (Å²) < 4.78 is 39.8. The summed E-state index contributed by atoms with van der Waals surface area (Å²) in [7, 11) is 0. The minimum absolute atomic E-state index is 0.0122. The number of nitrogens with one attached hydrogen (secondary N) is 3. The second kappa shape index (κ2) is 20.8. The summed E-state index contributed by atoms with van der Waals surface area (Å²) in [5, 5.41) is 41.5. The fourth-order valence-electron chi connectivity index (χ4n) is 11.4. The number of allylic oxidation sites excluding steroid dienone is 4. The first-order valence-electron chi connectivity index (χ1n) is 23.7. The van der Waals surface area contributed by atoms with Gasteiger partial charge in [0.1, 0.15) is 24.9 Å². The van der Waals surface area contributed by atoms with Gasteiger partial charge in [0.2, 0.25) is 17.7 Å². The zero-order valence-electron chi connectivity index (χ0n) is 39.5. The highest BCUT2D eigenvalue weighted by atomic mass is 19.1. The molecule has 376 valence electrons. The molecule has 1 heterocycles. The van der Waals surface area contributed by atoms with Crippen LogP contribution in [0.25, 0.3) is 0 Å². The Kier molecular flexibility index (Phi) is 15.4. The van der Waals surface area contributed by atoms with Gasteiger partial charge in [0, 0.05) is 48.3 Å². The number of imide groups is 1. The number of ketones is 2. The lowest BCUT2D eigenvalue weighted by Crippen LogP contribution is -2.68. The molecule has 0 spiro atoms. The third-order valence-corrected chi connectivity index (χ3v) is 15.1. The Morgan fingerprint density at radius 2 is 1.56 bits per heavy atom. The predicted octanol–water partition coefficient (Wildman–Crippen LogP) is 3.88. The number of anilines is 1. The molecule has 4 aliphatic carbocycles. The van der Waals surface area contributed by atoms with Crippen LogP contribution < -0.4 is 16.0 Å². The zero-order chi connectivity index (χ0) is 50.9.